The van der Waals surface area contributed by atoms with E-state index in [1.807, 2.05) is 0 Å². The van der Waals surface area contributed by atoms with Crippen molar-refractivity contribution in [1.29, 1.82) is 0 Å². The van der Waals surface area contributed by atoms with Crippen LogP contribution in [0.25, 0.3) is 0 Å². The standard InChI is InChI=1S/C12H20O/c1-9-6-5-7-12(3,4)11(9)8-10(2)13/h6,11H,5,7-8H2,1-4H3/t11-/m1/s1. The molecule has 0 radical (unpaired) electrons. The zero-order valence-electron chi connectivity index (χ0n) is 9.18. The van der Waals surface area contributed by atoms with Crippen LogP contribution in [0, 0.1) is 11.3 Å². The van der Waals surface area contributed by atoms with Gasteiger partial charge in [0.15, 0.2) is 0 Å². The number of hydrogen-bond donors (Lipinski definition) is 0. The van der Waals surface area contributed by atoms with Crippen LogP contribution in [0.5, 0.6) is 0 Å². The van der Waals surface area contributed by atoms with Crippen molar-refractivity contribution >= 4 is 5.78 Å². The molecule has 0 aromatic carbocycles. The van der Waals surface area contributed by atoms with Crippen molar-refractivity contribution < 1.29 is 4.79 Å². The van der Waals surface area contributed by atoms with Crippen LogP contribution in [0.15, 0.2) is 11.6 Å². The van der Waals surface area contributed by atoms with Crippen molar-refractivity contribution in [3.05, 3.63) is 11.6 Å². The van der Waals surface area contributed by atoms with E-state index in [4.69, 9.17) is 0 Å². The summed E-state index contributed by atoms with van der Waals surface area (Å²) in [5, 5.41) is 0. The summed E-state index contributed by atoms with van der Waals surface area (Å²) in [5.74, 6) is 0.784. The minimum atomic E-state index is 0.310. The molecule has 1 aliphatic carbocycles. The van der Waals surface area contributed by atoms with Gasteiger partial charge >= 0.3 is 0 Å². The Kier molecular flexibility index (Phi) is 2.94. The second kappa shape index (κ2) is 3.65. The van der Waals surface area contributed by atoms with Crippen molar-refractivity contribution in [2.75, 3.05) is 0 Å². The van der Waals surface area contributed by atoms with Crippen molar-refractivity contribution in [1.82, 2.24) is 0 Å². The van der Waals surface area contributed by atoms with E-state index in [1.54, 1.807) is 6.92 Å². The molecule has 1 atom stereocenters. The Morgan fingerprint density at radius 1 is 1.62 bits per heavy atom. The summed E-state index contributed by atoms with van der Waals surface area (Å²) in [6.45, 7) is 8.40. The molecule has 0 bridgehead atoms. The first-order valence-electron chi connectivity index (χ1n) is 5.09. The molecule has 0 fully saturated rings. The number of rotatable bonds is 2. The highest BCUT2D eigenvalue weighted by molar-refractivity contribution is 5.76. The Balaban J connectivity index is 2.81. The molecule has 1 nitrogen and oxygen atoms in total. The first-order valence-corrected chi connectivity index (χ1v) is 5.09. The molecule has 1 aliphatic rings. The largest absolute Gasteiger partial charge is 0.300 e. The van der Waals surface area contributed by atoms with Crippen LogP contribution in [0.4, 0.5) is 0 Å². The summed E-state index contributed by atoms with van der Waals surface area (Å²) in [7, 11) is 0. The van der Waals surface area contributed by atoms with Crippen LogP contribution in [-0.4, -0.2) is 5.78 Å². The van der Waals surface area contributed by atoms with Gasteiger partial charge in [0, 0.05) is 6.42 Å². The van der Waals surface area contributed by atoms with E-state index < -0.39 is 0 Å². The van der Waals surface area contributed by atoms with Gasteiger partial charge in [-0.1, -0.05) is 25.5 Å². The minimum Gasteiger partial charge on any atom is -0.300 e. The van der Waals surface area contributed by atoms with Gasteiger partial charge < -0.3 is 4.79 Å². The fraction of sp³-hybridized carbons (Fsp3) is 0.750. The quantitative estimate of drug-likeness (QED) is 0.596. The fourth-order valence-electron chi connectivity index (χ4n) is 2.33. The van der Waals surface area contributed by atoms with Gasteiger partial charge in [-0.2, -0.15) is 0 Å². The van der Waals surface area contributed by atoms with Gasteiger partial charge in [-0.15, -0.1) is 0 Å². The van der Waals surface area contributed by atoms with Crippen LogP contribution >= 0.6 is 0 Å². The molecule has 0 unspecified atom stereocenters. The molecule has 0 N–H and O–H groups in total. The predicted octanol–water partition coefficient (Wildman–Crippen LogP) is 3.35. The third-order valence-corrected chi connectivity index (χ3v) is 3.24. The first kappa shape index (κ1) is 10.5. The number of ketones is 1. The van der Waals surface area contributed by atoms with Gasteiger partial charge in [0.25, 0.3) is 0 Å². The van der Waals surface area contributed by atoms with Crippen LogP contribution in [0.3, 0.4) is 0 Å². The highest BCUT2D eigenvalue weighted by Crippen LogP contribution is 2.42. The third-order valence-electron chi connectivity index (χ3n) is 3.24. The van der Waals surface area contributed by atoms with Crippen LogP contribution in [0.2, 0.25) is 0 Å². The lowest BCUT2D eigenvalue weighted by molar-refractivity contribution is -0.118. The molecule has 0 spiro atoms. The maximum Gasteiger partial charge on any atom is 0.130 e. The van der Waals surface area contributed by atoms with Gasteiger partial charge in [-0.3, -0.25) is 0 Å². The highest BCUT2D eigenvalue weighted by atomic mass is 16.1. The summed E-state index contributed by atoms with van der Waals surface area (Å²) in [4.78, 5) is 11.1. The molecule has 1 rings (SSSR count). The summed E-state index contributed by atoms with van der Waals surface area (Å²) >= 11 is 0. The topological polar surface area (TPSA) is 17.1 Å². The summed E-state index contributed by atoms with van der Waals surface area (Å²) < 4.78 is 0. The monoisotopic (exact) mass is 180 g/mol. The molecule has 13 heavy (non-hydrogen) atoms. The fourth-order valence-corrected chi connectivity index (χ4v) is 2.33. The zero-order chi connectivity index (χ0) is 10.1. The van der Waals surface area contributed by atoms with E-state index in [0.717, 1.165) is 6.42 Å². The van der Waals surface area contributed by atoms with Gasteiger partial charge in [0.1, 0.15) is 5.78 Å². The number of carbonyl (C=O) groups is 1. The normalized spacial score (nSPS) is 26.8. The van der Waals surface area contributed by atoms with E-state index in [1.165, 1.54) is 18.4 Å². The lowest BCUT2D eigenvalue weighted by atomic mass is 9.67. The molecule has 0 saturated carbocycles. The molecule has 0 saturated heterocycles. The number of Topliss-reactive ketones (excluding diaryl/α,β-unsaturated/α-hetero) is 1. The van der Waals surface area contributed by atoms with Crippen molar-refractivity contribution in [3.63, 3.8) is 0 Å². The average molecular weight is 180 g/mol. The van der Waals surface area contributed by atoms with Crippen LogP contribution in [-0.2, 0) is 4.79 Å². The smallest absolute Gasteiger partial charge is 0.130 e. The second-order valence-corrected chi connectivity index (χ2v) is 4.93. The van der Waals surface area contributed by atoms with Gasteiger partial charge in [-0.05, 0) is 38.0 Å². The molecule has 74 valence electrons. The van der Waals surface area contributed by atoms with Gasteiger partial charge in [0.2, 0.25) is 0 Å². The Morgan fingerprint density at radius 3 is 2.69 bits per heavy atom. The van der Waals surface area contributed by atoms with Crippen molar-refractivity contribution in [2.45, 2.75) is 47.0 Å². The van der Waals surface area contributed by atoms with E-state index in [-0.39, 0.29) is 0 Å². The van der Waals surface area contributed by atoms with Crippen LogP contribution < -0.4 is 0 Å². The van der Waals surface area contributed by atoms with E-state index in [9.17, 15) is 4.79 Å². The highest BCUT2D eigenvalue weighted by Gasteiger charge is 2.33. The van der Waals surface area contributed by atoms with E-state index in [2.05, 4.69) is 26.8 Å². The average Bonchev–Trinajstić information content (AvgIpc) is 1.96. The van der Waals surface area contributed by atoms with Crippen LogP contribution in [0.1, 0.15) is 47.0 Å². The molecule has 1 heteroatoms. The summed E-state index contributed by atoms with van der Waals surface area (Å²) in [6.07, 6.45) is 5.39. The van der Waals surface area contributed by atoms with E-state index >= 15 is 0 Å². The molecule has 0 amide bonds. The number of allylic oxidation sites excluding steroid dienone is 2. The SMILES string of the molecule is CC(=O)C[C@@H]1C(C)=CCCC1(C)C. The second-order valence-electron chi connectivity index (χ2n) is 4.93. The maximum atomic E-state index is 11.1. The summed E-state index contributed by atoms with van der Waals surface area (Å²) in [6, 6.07) is 0. The Labute approximate surface area is 81.2 Å². The molecule has 0 aromatic heterocycles. The van der Waals surface area contributed by atoms with Gasteiger partial charge in [-0.25, -0.2) is 0 Å². The first-order chi connectivity index (χ1) is 5.93. The minimum absolute atomic E-state index is 0.310. The predicted molar refractivity (Wildman–Crippen MR) is 55.6 cm³/mol. The number of carbonyl (C=O) groups excluding carboxylic acids is 1. The molecule has 0 aliphatic heterocycles. The van der Waals surface area contributed by atoms with Gasteiger partial charge in [0.05, 0.1) is 0 Å². The Bertz CT molecular complexity index is 236. The van der Waals surface area contributed by atoms with Crippen molar-refractivity contribution in [3.8, 4) is 0 Å². The third kappa shape index (κ3) is 2.43. The van der Waals surface area contributed by atoms with E-state index in [0.29, 0.717) is 17.1 Å². The lowest BCUT2D eigenvalue weighted by Gasteiger charge is -2.38. The lowest BCUT2D eigenvalue weighted by Crippen LogP contribution is -2.29. The summed E-state index contributed by atoms with van der Waals surface area (Å²) in [5.41, 5.74) is 1.72. The Morgan fingerprint density at radius 2 is 2.23 bits per heavy atom. The number of hydrogen-bond acceptors (Lipinski definition) is 1. The Hall–Kier alpha value is -0.590. The molecular weight excluding hydrogens is 160 g/mol. The maximum absolute atomic E-state index is 11.1. The van der Waals surface area contributed by atoms with Crippen molar-refractivity contribution in [2.24, 2.45) is 11.3 Å². The molecular formula is C12H20O. The molecule has 0 heterocycles. The zero-order valence-corrected chi connectivity index (χ0v) is 9.18. The molecule has 0 aromatic rings.